The SMILES string of the molecule is Cc1ccccc1NP(=O)(F)F. The molecule has 2 nitrogen and oxygen atoms in total. The molecule has 0 aliphatic rings. The highest BCUT2D eigenvalue weighted by molar-refractivity contribution is 7.54. The molecule has 1 N–H and O–H groups in total. The first-order chi connectivity index (χ1) is 5.49. The summed E-state index contributed by atoms with van der Waals surface area (Å²) in [5.41, 5.74) is 0.860. The summed E-state index contributed by atoms with van der Waals surface area (Å²) < 4.78 is 34.2. The molecule has 0 unspecified atom stereocenters. The van der Waals surface area contributed by atoms with Gasteiger partial charge < -0.3 is 0 Å². The molecule has 0 saturated carbocycles. The molecular formula is C7H8F2NOP. The molecule has 0 bridgehead atoms. The molecule has 0 atom stereocenters. The second-order valence-electron chi connectivity index (χ2n) is 2.39. The van der Waals surface area contributed by atoms with Crippen molar-refractivity contribution in [3.63, 3.8) is 0 Å². The molecule has 1 rings (SSSR count). The first kappa shape index (κ1) is 9.20. The lowest BCUT2D eigenvalue weighted by molar-refractivity contribution is 0.501. The van der Waals surface area contributed by atoms with Crippen LogP contribution in [0.4, 0.5) is 14.1 Å². The number of anilines is 1. The second kappa shape index (κ2) is 3.23. The van der Waals surface area contributed by atoms with Gasteiger partial charge >= 0.3 is 7.91 Å². The van der Waals surface area contributed by atoms with Crippen molar-refractivity contribution in [2.24, 2.45) is 0 Å². The van der Waals surface area contributed by atoms with E-state index in [1.54, 1.807) is 30.2 Å². The average Bonchev–Trinajstić information content (AvgIpc) is 1.91. The summed E-state index contributed by atoms with van der Waals surface area (Å²) in [6.07, 6.45) is 0. The highest BCUT2D eigenvalue weighted by atomic mass is 31.2. The summed E-state index contributed by atoms with van der Waals surface area (Å²) in [4.78, 5) is 0. The standard InChI is InChI=1S/C7H8F2NOP/c1-6-4-2-3-5-7(6)10-12(8,9)11/h2-5H,1H3,(H,10,11). The van der Waals surface area contributed by atoms with Gasteiger partial charge in [0.1, 0.15) is 0 Å². The average molecular weight is 191 g/mol. The number of hydrogen-bond donors (Lipinski definition) is 1. The fourth-order valence-electron chi connectivity index (χ4n) is 0.839. The fourth-order valence-corrected chi connectivity index (χ4v) is 1.37. The number of hydrogen-bond acceptors (Lipinski definition) is 1. The summed E-state index contributed by atoms with van der Waals surface area (Å²) in [5, 5.41) is 1.67. The number of rotatable bonds is 2. The Morgan fingerprint density at radius 2 is 1.92 bits per heavy atom. The highest BCUT2D eigenvalue weighted by Crippen LogP contribution is 2.48. The van der Waals surface area contributed by atoms with Crippen LogP contribution >= 0.6 is 7.91 Å². The van der Waals surface area contributed by atoms with Gasteiger partial charge in [-0.3, -0.25) is 5.09 Å². The van der Waals surface area contributed by atoms with Gasteiger partial charge in [-0.25, -0.2) is 4.57 Å². The van der Waals surface area contributed by atoms with E-state index in [9.17, 15) is 13.0 Å². The Bertz CT molecular complexity index is 323. The Balaban J connectivity index is 2.90. The van der Waals surface area contributed by atoms with E-state index in [2.05, 4.69) is 0 Å². The molecular weight excluding hydrogens is 183 g/mol. The molecule has 0 fully saturated rings. The van der Waals surface area contributed by atoms with Crippen molar-refractivity contribution < 1.29 is 13.0 Å². The molecule has 1 aromatic rings. The molecule has 0 spiro atoms. The van der Waals surface area contributed by atoms with Crippen LogP contribution in [0.5, 0.6) is 0 Å². The van der Waals surface area contributed by atoms with Gasteiger partial charge in [-0.1, -0.05) is 18.2 Å². The van der Waals surface area contributed by atoms with Crippen molar-refractivity contribution in [1.82, 2.24) is 0 Å². The number of benzene rings is 1. The third-order valence-corrected chi connectivity index (χ3v) is 1.90. The van der Waals surface area contributed by atoms with Crippen LogP contribution in [0.3, 0.4) is 0 Å². The molecule has 0 aliphatic heterocycles. The van der Waals surface area contributed by atoms with E-state index in [-0.39, 0.29) is 5.69 Å². The summed E-state index contributed by atoms with van der Waals surface area (Å²) in [6, 6.07) is 6.45. The fraction of sp³-hybridized carbons (Fsp3) is 0.143. The van der Waals surface area contributed by atoms with Gasteiger partial charge in [0.15, 0.2) is 0 Å². The maximum atomic E-state index is 12.0. The molecule has 0 aliphatic carbocycles. The first-order valence-electron chi connectivity index (χ1n) is 3.32. The van der Waals surface area contributed by atoms with Crippen molar-refractivity contribution >= 4 is 13.6 Å². The normalized spacial score (nSPS) is 11.2. The highest BCUT2D eigenvalue weighted by Gasteiger charge is 2.18. The van der Waals surface area contributed by atoms with Gasteiger partial charge in [0, 0.05) is 5.69 Å². The monoisotopic (exact) mass is 191 g/mol. The number of para-hydroxylation sites is 1. The first-order valence-corrected chi connectivity index (χ1v) is 4.81. The third-order valence-electron chi connectivity index (χ3n) is 1.40. The smallest absolute Gasteiger partial charge is 0.286 e. The van der Waals surface area contributed by atoms with Crippen molar-refractivity contribution in [2.45, 2.75) is 6.92 Å². The number of halogens is 2. The molecule has 0 aromatic heterocycles. The summed E-state index contributed by atoms with van der Waals surface area (Å²) >= 11 is 0. The van der Waals surface area contributed by atoms with Crippen LogP contribution in [-0.4, -0.2) is 0 Å². The van der Waals surface area contributed by atoms with E-state index >= 15 is 0 Å². The van der Waals surface area contributed by atoms with Crippen LogP contribution in [0.2, 0.25) is 0 Å². The Labute approximate surface area is 69.3 Å². The predicted molar refractivity (Wildman–Crippen MR) is 44.6 cm³/mol. The van der Waals surface area contributed by atoms with Crippen LogP contribution in [0.25, 0.3) is 0 Å². The molecule has 0 saturated heterocycles. The minimum atomic E-state index is -5.16. The zero-order chi connectivity index (χ0) is 9.19. The lowest BCUT2D eigenvalue weighted by Crippen LogP contribution is -1.90. The number of aryl methyl sites for hydroxylation is 1. The van der Waals surface area contributed by atoms with E-state index in [1.165, 1.54) is 6.07 Å². The molecule has 0 radical (unpaired) electrons. The van der Waals surface area contributed by atoms with Gasteiger partial charge in [-0.2, -0.15) is 0 Å². The van der Waals surface area contributed by atoms with Crippen LogP contribution in [0.15, 0.2) is 24.3 Å². The molecule has 0 heterocycles. The quantitative estimate of drug-likeness (QED) is 0.725. The van der Waals surface area contributed by atoms with E-state index in [0.29, 0.717) is 5.56 Å². The zero-order valence-corrected chi connectivity index (χ0v) is 7.32. The summed E-state index contributed by atoms with van der Waals surface area (Å²) in [7, 11) is -5.16. The Hall–Kier alpha value is -0.890. The topological polar surface area (TPSA) is 29.1 Å². The number of nitrogens with one attached hydrogen (secondary N) is 1. The van der Waals surface area contributed by atoms with E-state index < -0.39 is 7.91 Å². The van der Waals surface area contributed by atoms with Gasteiger partial charge in [-0.05, 0) is 18.6 Å². The Kier molecular flexibility index (Phi) is 2.48. The van der Waals surface area contributed by atoms with Crippen molar-refractivity contribution in [1.29, 1.82) is 0 Å². The maximum absolute atomic E-state index is 12.0. The summed E-state index contributed by atoms with van der Waals surface area (Å²) in [5.74, 6) is 0. The Morgan fingerprint density at radius 1 is 1.33 bits per heavy atom. The van der Waals surface area contributed by atoms with Gasteiger partial charge in [0.05, 0.1) is 0 Å². The van der Waals surface area contributed by atoms with E-state index in [1.807, 2.05) is 0 Å². The molecule has 66 valence electrons. The van der Waals surface area contributed by atoms with Crippen LogP contribution < -0.4 is 5.09 Å². The molecule has 1 aromatic carbocycles. The Morgan fingerprint density at radius 3 is 2.42 bits per heavy atom. The van der Waals surface area contributed by atoms with Gasteiger partial charge in [0.25, 0.3) is 0 Å². The molecule has 0 amide bonds. The lowest BCUT2D eigenvalue weighted by atomic mass is 10.2. The van der Waals surface area contributed by atoms with Crippen LogP contribution in [0.1, 0.15) is 5.56 Å². The zero-order valence-electron chi connectivity index (χ0n) is 6.42. The summed E-state index contributed by atoms with van der Waals surface area (Å²) in [6.45, 7) is 1.66. The largest absolute Gasteiger partial charge is 0.508 e. The van der Waals surface area contributed by atoms with Crippen molar-refractivity contribution in [3.8, 4) is 0 Å². The predicted octanol–water partition coefficient (Wildman–Crippen LogP) is 3.45. The van der Waals surface area contributed by atoms with E-state index in [0.717, 1.165) is 0 Å². The lowest BCUT2D eigenvalue weighted by Gasteiger charge is -2.06. The minimum Gasteiger partial charge on any atom is -0.286 e. The van der Waals surface area contributed by atoms with E-state index in [4.69, 9.17) is 0 Å². The third kappa shape index (κ3) is 2.62. The van der Waals surface area contributed by atoms with Gasteiger partial charge in [0.2, 0.25) is 0 Å². The van der Waals surface area contributed by atoms with Crippen molar-refractivity contribution in [2.75, 3.05) is 5.09 Å². The molecule has 5 heteroatoms. The maximum Gasteiger partial charge on any atom is 0.508 e. The van der Waals surface area contributed by atoms with Crippen LogP contribution in [0, 0.1) is 6.92 Å². The van der Waals surface area contributed by atoms with Crippen LogP contribution in [-0.2, 0) is 4.57 Å². The van der Waals surface area contributed by atoms with Crippen molar-refractivity contribution in [3.05, 3.63) is 29.8 Å². The second-order valence-corrected chi connectivity index (χ2v) is 3.54. The molecule has 12 heavy (non-hydrogen) atoms. The van der Waals surface area contributed by atoms with Gasteiger partial charge in [-0.15, -0.1) is 8.39 Å². The minimum absolute atomic E-state index is 0.214.